The number of nitrogens with zero attached hydrogens (tertiary/aromatic N) is 1. The molecule has 1 aromatic carbocycles. The molecule has 0 unspecified atom stereocenters. The van der Waals surface area contributed by atoms with Gasteiger partial charge in [0.1, 0.15) is 11.8 Å². The van der Waals surface area contributed by atoms with Crippen LogP contribution in [-0.2, 0) is 0 Å². The molecule has 0 aliphatic heterocycles. The lowest BCUT2D eigenvalue weighted by Crippen LogP contribution is -2.29. The number of hydrogen-bond donors (Lipinski definition) is 0. The van der Waals surface area contributed by atoms with Crippen LogP contribution in [0.4, 0.5) is 0 Å². The summed E-state index contributed by atoms with van der Waals surface area (Å²) in [5, 5.41) is 8.80. The molecule has 0 N–H and O–H groups in total. The lowest BCUT2D eigenvalue weighted by atomic mass is 10.2. The van der Waals surface area contributed by atoms with Crippen LogP contribution in [0.25, 0.3) is 0 Å². The van der Waals surface area contributed by atoms with Gasteiger partial charge in [0.2, 0.25) is 8.32 Å². The molecule has 0 radical (unpaired) electrons. The van der Waals surface area contributed by atoms with Crippen molar-refractivity contribution in [3.63, 3.8) is 0 Å². The van der Waals surface area contributed by atoms with Gasteiger partial charge in [-0.15, -0.1) is 0 Å². The van der Waals surface area contributed by atoms with E-state index in [0.717, 1.165) is 0 Å². The van der Waals surface area contributed by atoms with Crippen molar-refractivity contribution >= 4 is 8.32 Å². The van der Waals surface area contributed by atoms with E-state index in [1.54, 1.807) is 6.07 Å². The van der Waals surface area contributed by atoms with Gasteiger partial charge in [-0.1, -0.05) is 12.1 Å². The Morgan fingerprint density at radius 2 is 1.85 bits per heavy atom. The number of benzene rings is 1. The normalized spacial score (nSPS) is 10.6. The van der Waals surface area contributed by atoms with Crippen molar-refractivity contribution in [2.24, 2.45) is 0 Å². The molecule has 0 aliphatic carbocycles. The van der Waals surface area contributed by atoms with Gasteiger partial charge in [0.05, 0.1) is 5.56 Å². The van der Waals surface area contributed by atoms with Crippen LogP contribution in [0.3, 0.4) is 0 Å². The Morgan fingerprint density at radius 3 is 2.38 bits per heavy atom. The van der Waals surface area contributed by atoms with Crippen LogP contribution in [0.1, 0.15) is 5.56 Å². The second kappa shape index (κ2) is 3.63. The fraction of sp³-hybridized carbons (Fsp3) is 0.300. The highest BCUT2D eigenvalue weighted by atomic mass is 28.4. The van der Waals surface area contributed by atoms with Crippen molar-refractivity contribution < 1.29 is 4.43 Å². The number of para-hydroxylation sites is 1. The lowest BCUT2D eigenvalue weighted by Gasteiger charge is -2.19. The van der Waals surface area contributed by atoms with Crippen LogP contribution in [0.5, 0.6) is 5.75 Å². The highest BCUT2D eigenvalue weighted by Crippen LogP contribution is 2.20. The molecule has 2 nitrogen and oxygen atoms in total. The molecule has 13 heavy (non-hydrogen) atoms. The Labute approximate surface area is 79.9 Å². The van der Waals surface area contributed by atoms with Gasteiger partial charge in [-0.3, -0.25) is 0 Å². The first-order chi connectivity index (χ1) is 6.03. The molecule has 1 aromatic rings. The fourth-order valence-corrected chi connectivity index (χ4v) is 1.82. The second-order valence-corrected chi connectivity index (χ2v) is 8.25. The molecule has 0 aromatic heterocycles. The third kappa shape index (κ3) is 2.92. The topological polar surface area (TPSA) is 33.0 Å². The maximum absolute atomic E-state index is 8.80. The number of nitriles is 1. The summed E-state index contributed by atoms with van der Waals surface area (Å²) in [7, 11) is -1.60. The average molecular weight is 191 g/mol. The zero-order chi connectivity index (χ0) is 9.90. The summed E-state index contributed by atoms with van der Waals surface area (Å²) in [5.74, 6) is 0.712. The van der Waals surface area contributed by atoms with E-state index in [9.17, 15) is 0 Å². The summed E-state index contributed by atoms with van der Waals surface area (Å²) < 4.78 is 5.74. The van der Waals surface area contributed by atoms with E-state index in [1.807, 2.05) is 18.2 Å². The minimum absolute atomic E-state index is 0.616. The minimum atomic E-state index is -1.60. The summed E-state index contributed by atoms with van der Waals surface area (Å²) >= 11 is 0. The van der Waals surface area contributed by atoms with Crippen molar-refractivity contribution in [3.05, 3.63) is 29.8 Å². The molecule has 1 rings (SSSR count). The van der Waals surface area contributed by atoms with Crippen LogP contribution < -0.4 is 4.43 Å². The van der Waals surface area contributed by atoms with Crippen LogP contribution in [0.2, 0.25) is 19.6 Å². The number of rotatable bonds is 2. The molecule has 3 heteroatoms. The van der Waals surface area contributed by atoms with Crippen LogP contribution in [0.15, 0.2) is 24.3 Å². The molecule has 0 fully saturated rings. The van der Waals surface area contributed by atoms with Gasteiger partial charge < -0.3 is 4.43 Å². The predicted octanol–water partition coefficient (Wildman–Crippen LogP) is 2.77. The molecule has 0 atom stereocenters. The van der Waals surface area contributed by atoms with Gasteiger partial charge in [-0.25, -0.2) is 0 Å². The van der Waals surface area contributed by atoms with Crippen LogP contribution in [-0.4, -0.2) is 8.32 Å². The zero-order valence-corrected chi connectivity index (χ0v) is 9.16. The molecule has 0 saturated carbocycles. The Kier molecular flexibility index (Phi) is 2.74. The molecular weight excluding hydrogens is 178 g/mol. The van der Waals surface area contributed by atoms with E-state index < -0.39 is 8.32 Å². The summed E-state index contributed by atoms with van der Waals surface area (Å²) in [6.45, 7) is 6.30. The van der Waals surface area contributed by atoms with Crippen molar-refractivity contribution in [3.8, 4) is 11.8 Å². The predicted molar refractivity (Wildman–Crippen MR) is 55.1 cm³/mol. The Hall–Kier alpha value is -1.27. The number of hydrogen-bond acceptors (Lipinski definition) is 2. The van der Waals surface area contributed by atoms with Crippen LogP contribution in [0, 0.1) is 11.3 Å². The first-order valence-electron chi connectivity index (χ1n) is 4.21. The molecule has 0 spiro atoms. The zero-order valence-electron chi connectivity index (χ0n) is 8.16. The highest BCUT2D eigenvalue weighted by Gasteiger charge is 2.17. The van der Waals surface area contributed by atoms with Crippen molar-refractivity contribution in [1.29, 1.82) is 5.26 Å². The van der Waals surface area contributed by atoms with E-state index in [0.29, 0.717) is 11.3 Å². The maximum atomic E-state index is 8.80. The van der Waals surface area contributed by atoms with Gasteiger partial charge in [0.25, 0.3) is 0 Å². The van der Waals surface area contributed by atoms with Gasteiger partial charge in [0, 0.05) is 0 Å². The van der Waals surface area contributed by atoms with E-state index >= 15 is 0 Å². The van der Waals surface area contributed by atoms with E-state index in [1.165, 1.54) is 0 Å². The van der Waals surface area contributed by atoms with E-state index in [-0.39, 0.29) is 0 Å². The Bertz CT molecular complexity index is 336. The monoisotopic (exact) mass is 191 g/mol. The molecule has 0 saturated heterocycles. The second-order valence-electron chi connectivity index (χ2n) is 3.82. The Balaban J connectivity index is 2.96. The van der Waals surface area contributed by atoms with Gasteiger partial charge in [-0.05, 0) is 31.8 Å². The van der Waals surface area contributed by atoms with Crippen LogP contribution >= 0.6 is 0 Å². The smallest absolute Gasteiger partial charge is 0.242 e. The molecule has 0 aliphatic rings. The van der Waals surface area contributed by atoms with Gasteiger partial charge in [-0.2, -0.15) is 5.26 Å². The third-order valence-corrected chi connectivity index (χ3v) is 2.26. The van der Waals surface area contributed by atoms with Crippen molar-refractivity contribution in [1.82, 2.24) is 0 Å². The molecule has 0 heterocycles. The minimum Gasteiger partial charge on any atom is -0.543 e. The Morgan fingerprint density at radius 1 is 1.23 bits per heavy atom. The summed E-state index contributed by atoms with van der Waals surface area (Å²) in [6, 6.07) is 9.46. The lowest BCUT2D eigenvalue weighted by molar-refractivity contribution is 0.556. The quantitative estimate of drug-likeness (QED) is 0.673. The third-order valence-electron chi connectivity index (χ3n) is 1.42. The first-order valence-corrected chi connectivity index (χ1v) is 7.62. The van der Waals surface area contributed by atoms with Gasteiger partial charge in [0.15, 0.2) is 0 Å². The first kappa shape index (κ1) is 9.81. The maximum Gasteiger partial charge on any atom is 0.242 e. The molecule has 0 amide bonds. The molecule has 0 bridgehead atoms. The van der Waals surface area contributed by atoms with E-state index in [2.05, 4.69) is 25.7 Å². The van der Waals surface area contributed by atoms with E-state index in [4.69, 9.17) is 9.69 Å². The standard InChI is InChI=1S/C10H13NOSi/c1-13(2,3)12-10-7-5-4-6-9(10)8-11/h4-7H,1-3H3. The SMILES string of the molecule is C[Si](C)(C)Oc1ccccc1C#N. The van der Waals surface area contributed by atoms with Crippen molar-refractivity contribution in [2.75, 3.05) is 0 Å². The average Bonchev–Trinajstić information content (AvgIpc) is 2.02. The van der Waals surface area contributed by atoms with Gasteiger partial charge >= 0.3 is 0 Å². The summed E-state index contributed by atoms with van der Waals surface area (Å²) in [5.41, 5.74) is 0.616. The fourth-order valence-electron chi connectivity index (χ4n) is 0.978. The summed E-state index contributed by atoms with van der Waals surface area (Å²) in [4.78, 5) is 0. The largest absolute Gasteiger partial charge is 0.543 e. The summed E-state index contributed by atoms with van der Waals surface area (Å²) in [6.07, 6.45) is 0. The highest BCUT2D eigenvalue weighted by molar-refractivity contribution is 6.70. The van der Waals surface area contributed by atoms with Crippen molar-refractivity contribution in [2.45, 2.75) is 19.6 Å². The molecular formula is C10H13NOSi. The molecule has 68 valence electrons.